The van der Waals surface area contributed by atoms with E-state index < -0.39 is 15.3 Å². The molecule has 16 heavy (non-hydrogen) atoms. The standard InChI is InChI=1S/C9H8N4O2S/c1-7(4-10)16(14,15)13-9-3-2-8(5-11)6-12-9/h2-3,6-7H,1H3,(H,12,13). The third-order valence-electron chi connectivity index (χ3n) is 1.79. The summed E-state index contributed by atoms with van der Waals surface area (Å²) in [5.74, 6) is 0.0844. The van der Waals surface area contributed by atoms with Gasteiger partial charge in [0.2, 0.25) is 10.0 Å². The molecule has 1 aromatic rings. The third-order valence-corrected chi connectivity index (χ3v) is 3.32. The molecule has 1 unspecified atom stereocenters. The monoisotopic (exact) mass is 236 g/mol. The summed E-state index contributed by atoms with van der Waals surface area (Å²) in [6.07, 6.45) is 1.24. The van der Waals surface area contributed by atoms with Crippen LogP contribution in [-0.4, -0.2) is 18.7 Å². The Balaban J connectivity index is 2.91. The van der Waals surface area contributed by atoms with Gasteiger partial charge in [0.25, 0.3) is 0 Å². The largest absolute Gasteiger partial charge is 0.266 e. The minimum atomic E-state index is -3.74. The second kappa shape index (κ2) is 4.60. The van der Waals surface area contributed by atoms with Crippen molar-refractivity contribution in [3.8, 4) is 12.1 Å². The molecule has 0 amide bonds. The van der Waals surface area contributed by atoms with E-state index in [2.05, 4.69) is 9.71 Å². The van der Waals surface area contributed by atoms with Gasteiger partial charge in [-0.15, -0.1) is 0 Å². The normalized spacial score (nSPS) is 12.2. The molecule has 82 valence electrons. The van der Waals surface area contributed by atoms with Crippen molar-refractivity contribution in [3.05, 3.63) is 23.9 Å². The van der Waals surface area contributed by atoms with Gasteiger partial charge in [0, 0.05) is 6.20 Å². The van der Waals surface area contributed by atoms with Crippen molar-refractivity contribution in [2.75, 3.05) is 4.72 Å². The van der Waals surface area contributed by atoms with Crippen molar-refractivity contribution >= 4 is 15.8 Å². The molecular weight excluding hydrogens is 228 g/mol. The van der Waals surface area contributed by atoms with Gasteiger partial charge in [-0.2, -0.15) is 10.5 Å². The van der Waals surface area contributed by atoms with Crippen molar-refractivity contribution in [3.63, 3.8) is 0 Å². The Morgan fingerprint density at radius 1 is 1.44 bits per heavy atom. The van der Waals surface area contributed by atoms with E-state index in [1.807, 2.05) is 6.07 Å². The molecular formula is C9H8N4O2S. The average Bonchev–Trinajstić information content (AvgIpc) is 2.28. The van der Waals surface area contributed by atoms with Crippen molar-refractivity contribution < 1.29 is 8.42 Å². The number of nitrogens with zero attached hydrogens (tertiary/aromatic N) is 3. The van der Waals surface area contributed by atoms with E-state index in [4.69, 9.17) is 10.5 Å². The Morgan fingerprint density at radius 3 is 2.56 bits per heavy atom. The molecule has 0 bridgehead atoms. The van der Waals surface area contributed by atoms with Crippen molar-refractivity contribution in [2.24, 2.45) is 0 Å². The Hall–Kier alpha value is -2.12. The summed E-state index contributed by atoms with van der Waals surface area (Å²) in [5.41, 5.74) is 0.330. The second-order valence-corrected chi connectivity index (χ2v) is 4.96. The van der Waals surface area contributed by atoms with Crippen molar-refractivity contribution in [2.45, 2.75) is 12.2 Å². The fraction of sp³-hybridized carbons (Fsp3) is 0.222. The van der Waals surface area contributed by atoms with Crippen LogP contribution in [0.15, 0.2) is 18.3 Å². The molecule has 0 aliphatic rings. The Labute approximate surface area is 93.2 Å². The maximum atomic E-state index is 11.4. The zero-order valence-corrected chi connectivity index (χ0v) is 9.19. The smallest absolute Gasteiger partial charge is 0.250 e. The number of nitrogens with one attached hydrogen (secondary N) is 1. The molecule has 1 rings (SSSR count). The molecule has 0 aliphatic heterocycles. The fourth-order valence-electron chi connectivity index (χ4n) is 0.824. The van der Waals surface area contributed by atoms with Gasteiger partial charge in [-0.05, 0) is 19.1 Å². The maximum Gasteiger partial charge on any atom is 0.250 e. The molecule has 0 aromatic carbocycles. The van der Waals surface area contributed by atoms with Gasteiger partial charge >= 0.3 is 0 Å². The Kier molecular flexibility index (Phi) is 3.44. The van der Waals surface area contributed by atoms with Crippen molar-refractivity contribution in [1.82, 2.24) is 4.98 Å². The molecule has 6 nitrogen and oxygen atoms in total. The first kappa shape index (κ1) is 12.0. The number of aromatic nitrogens is 1. The highest BCUT2D eigenvalue weighted by Crippen LogP contribution is 2.09. The first-order chi connectivity index (χ1) is 7.49. The number of pyridine rings is 1. The molecule has 1 aromatic heterocycles. The van der Waals surface area contributed by atoms with Crippen LogP contribution in [0.2, 0.25) is 0 Å². The number of nitriles is 2. The van der Waals surface area contributed by atoms with Crippen LogP contribution in [0.5, 0.6) is 0 Å². The summed E-state index contributed by atoms with van der Waals surface area (Å²) in [6, 6.07) is 6.27. The molecule has 0 saturated carbocycles. The zero-order valence-electron chi connectivity index (χ0n) is 8.38. The van der Waals surface area contributed by atoms with E-state index in [0.717, 1.165) is 0 Å². The topological polar surface area (TPSA) is 107 Å². The van der Waals surface area contributed by atoms with E-state index in [1.165, 1.54) is 25.3 Å². The van der Waals surface area contributed by atoms with Gasteiger partial charge in [-0.1, -0.05) is 0 Å². The maximum absolute atomic E-state index is 11.4. The first-order valence-electron chi connectivity index (χ1n) is 4.27. The summed E-state index contributed by atoms with van der Waals surface area (Å²) in [4.78, 5) is 3.73. The molecule has 1 atom stereocenters. The van der Waals surface area contributed by atoms with Gasteiger partial charge in [0.15, 0.2) is 5.25 Å². The fourth-order valence-corrected chi connectivity index (χ4v) is 1.55. The minimum Gasteiger partial charge on any atom is -0.266 e. The minimum absolute atomic E-state index is 0.0844. The number of rotatable bonds is 3. The first-order valence-corrected chi connectivity index (χ1v) is 5.81. The molecule has 0 spiro atoms. The SMILES string of the molecule is CC(C#N)S(=O)(=O)Nc1ccc(C#N)cn1. The summed E-state index contributed by atoms with van der Waals surface area (Å²) < 4.78 is 25.0. The van der Waals surface area contributed by atoms with Crippen LogP contribution in [0.1, 0.15) is 12.5 Å². The summed E-state index contributed by atoms with van der Waals surface area (Å²) in [5, 5.41) is 15.9. The van der Waals surface area contributed by atoms with Crippen LogP contribution in [0.4, 0.5) is 5.82 Å². The number of sulfonamides is 1. The van der Waals surface area contributed by atoms with Gasteiger partial charge < -0.3 is 0 Å². The zero-order chi connectivity index (χ0) is 12.2. The van der Waals surface area contributed by atoms with E-state index in [1.54, 1.807) is 6.07 Å². The highest BCUT2D eigenvalue weighted by atomic mass is 32.2. The van der Waals surface area contributed by atoms with Gasteiger partial charge in [0.1, 0.15) is 11.9 Å². The van der Waals surface area contributed by atoms with E-state index in [9.17, 15) is 8.42 Å². The Bertz CT molecular complexity index is 551. The molecule has 0 fully saturated rings. The van der Waals surface area contributed by atoms with Crippen molar-refractivity contribution in [1.29, 1.82) is 10.5 Å². The molecule has 1 heterocycles. The highest BCUT2D eigenvalue weighted by molar-refractivity contribution is 7.93. The lowest BCUT2D eigenvalue weighted by atomic mass is 10.3. The van der Waals surface area contributed by atoms with Crippen LogP contribution in [0.25, 0.3) is 0 Å². The lowest BCUT2D eigenvalue weighted by Gasteiger charge is -2.07. The molecule has 7 heteroatoms. The van der Waals surface area contributed by atoms with Gasteiger partial charge in [-0.3, -0.25) is 4.72 Å². The highest BCUT2D eigenvalue weighted by Gasteiger charge is 2.20. The molecule has 1 N–H and O–H groups in total. The second-order valence-electron chi connectivity index (χ2n) is 2.96. The lowest BCUT2D eigenvalue weighted by molar-refractivity contribution is 0.597. The van der Waals surface area contributed by atoms with Crippen LogP contribution in [-0.2, 0) is 10.0 Å². The average molecular weight is 236 g/mol. The predicted molar refractivity (Wildman–Crippen MR) is 56.6 cm³/mol. The molecule has 0 saturated heterocycles. The Morgan fingerprint density at radius 2 is 2.12 bits per heavy atom. The van der Waals surface area contributed by atoms with Crippen LogP contribution in [0.3, 0.4) is 0 Å². The molecule has 0 aliphatic carbocycles. The van der Waals surface area contributed by atoms with Gasteiger partial charge in [-0.25, -0.2) is 13.4 Å². The molecule has 0 radical (unpaired) electrons. The predicted octanol–water partition coefficient (Wildman–Crippen LogP) is 0.607. The van der Waals surface area contributed by atoms with Crippen LogP contribution in [0, 0.1) is 22.7 Å². The summed E-state index contributed by atoms with van der Waals surface area (Å²) >= 11 is 0. The van der Waals surface area contributed by atoms with E-state index in [0.29, 0.717) is 5.56 Å². The van der Waals surface area contributed by atoms with E-state index in [-0.39, 0.29) is 5.82 Å². The lowest BCUT2D eigenvalue weighted by Crippen LogP contribution is -2.24. The van der Waals surface area contributed by atoms with Gasteiger partial charge in [0.05, 0.1) is 11.6 Å². The number of anilines is 1. The quantitative estimate of drug-likeness (QED) is 0.827. The summed E-state index contributed by atoms with van der Waals surface area (Å²) in [7, 11) is -3.74. The van der Waals surface area contributed by atoms with Crippen LogP contribution >= 0.6 is 0 Å². The van der Waals surface area contributed by atoms with E-state index >= 15 is 0 Å². The number of hydrogen-bond donors (Lipinski definition) is 1. The number of hydrogen-bond acceptors (Lipinski definition) is 5. The third kappa shape index (κ3) is 2.69. The van der Waals surface area contributed by atoms with Crippen LogP contribution < -0.4 is 4.72 Å². The summed E-state index contributed by atoms with van der Waals surface area (Å²) in [6.45, 7) is 1.27.